The molecule has 0 N–H and O–H groups in total. The van der Waals surface area contributed by atoms with Gasteiger partial charge in [-0.1, -0.05) is 29.8 Å². The van der Waals surface area contributed by atoms with Gasteiger partial charge < -0.3 is 0 Å². The van der Waals surface area contributed by atoms with Crippen molar-refractivity contribution in [2.24, 2.45) is 0 Å². The molecule has 0 fully saturated rings. The van der Waals surface area contributed by atoms with Crippen molar-refractivity contribution in [2.75, 3.05) is 0 Å². The molecule has 0 spiro atoms. The molecule has 0 aliphatic heterocycles. The molecule has 2 aromatic rings. The van der Waals surface area contributed by atoms with E-state index in [1.165, 1.54) is 6.07 Å². The lowest BCUT2D eigenvalue weighted by Gasteiger charge is -2.06. The molecule has 20 heavy (non-hydrogen) atoms. The third-order valence-electron chi connectivity index (χ3n) is 3.08. The Labute approximate surface area is 124 Å². The number of hydrogen-bond donors (Lipinski definition) is 0. The van der Waals surface area contributed by atoms with E-state index in [0.717, 1.165) is 17.2 Å². The molecule has 0 aliphatic rings. The summed E-state index contributed by atoms with van der Waals surface area (Å²) in [5.41, 5.74) is 1.63. The standard InChI is InChI=1S/C16H13BrF2O/c1-10-2-4-11(5-3-10)6-9-14(20)15-13(18)8-7-12(17)16(15)19/h2-5,7-8H,6,9H2,1H3. The molecule has 2 rings (SSSR count). The third-order valence-corrected chi connectivity index (χ3v) is 3.70. The van der Waals surface area contributed by atoms with Crippen molar-refractivity contribution in [1.29, 1.82) is 0 Å². The van der Waals surface area contributed by atoms with Gasteiger partial charge in [0.15, 0.2) is 11.6 Å². The average Bonchev–Trinajstić information content (AvgIpc) is 2.43. The van der Waals surface area contributed by atoms with Crippen LogP contribution in [0.25, 0.3) is 0 Å². The van der Waals surface area contributed by atoms with Crippen molar-refractivity contribution in [3.05, 3.63) is 69.2 Å². The molecule has 0 amide bonds. The van der Waals surface area contributed by atoms with Crippen LogP contribution in [0.5, 0.6) is 0 Å². The van der Waals surface area contributed by atoms with E-state index in [1.54, 1.807) is 0 Å². The van der Waals surface area contributed by atoms with E-state index in [4.69, 9.17) is 0 Å². The summed E-state index contributed by atoms with van der Waals surface area (Å²) in [5.74, 6) is -2.18. The lowest BCUT2D eigenvalue weighted by atomic mass is 10.0. The second-order valence-electron chi connectivity index (χ2n) is 4.63. The molecule has 0 aliphatic carbocycles. The van der Waals surface area contributed by atoms with Crippen LogP contribution in [0.1, 0.15) is 27.9 Å². The lowest BCUT2D eigenvalue weighted by molar-refractivity contribution is 0.0974. The molecule has 0 unspecified atom stereocenters. The molecule has 2 aromatic carbocycles. The first-order valence-electron chi connectivity index (χ1n) is 6.21. The van der Waals surface area contributed by atoms with Gasteiger partial charge in [0.2, 0.25) is 0 Å². The Morgan fingerprint density at radius 1 is 1.10 bits per heavy atom. The van der Waals surface area contributed by atoms with E-state index in [-0.39, 0.29) is 10.9 Å². The maximum atomic E-state index is 13.8. The van der Waals surface area contributed by atoms with Gasteiger partial charge in [0.05, 0.1) is 10.0 Å². The summed E-state index contributed by atoms with van der Waals surface area (Å²) in [6.45, 7) is 1.97. The summed E-state index contributed by atoms with van der Waals surface area (Å²) in [5, 5.41) is 0. The zero-order chi connectivity index (χ0) is 14.7. The second kappa shape index (κ2) is 6.27. The smallest absolute Gasteiger partial charge is 0.169 e. The maximum Gasteiger partial charge on any atom is 0.169 e. The van der Waals surface area contributed by atoms with Gasteiger partial charge in [-0.05, 0) is 47.0 Å². The van der Waals surface area contributed by atoms with E-state index in [9.17, 15) is 13.6 Å². The van der Waals surface area contributed by atoms with Gasteiger partial charge in [0.1, 0.15) is 5.82 Å². The topological polar surface area (TPSA) is 17.1 Å². The summed E-state index contributed by atoms with van der Waals surface area (Å²) < 4.78 is 27.5. The largest absolute Gasteiger partial charge is 0.294 e. The number of hydrogen-bond acceptors (Lipinski definition) is 1. The minimum atomic E-state index is -0.834. The van der Waals surface area contributed by atoms with Gasteiger partial charge in [-0.2, -0.15) is 0 Å². The number of carbonyl (C=O) groups is 1. The van der Waals surface area contributed by atoms with Gasteiger partial charge in [-0.25, -0.2) is 8.78 Å². The van der Waals surface area contributed by atoms with Crippen LogP contribution >= 0.6 is 15.9 Å². The lowest BCUT2D eigenvalue weighted by Crippen LogP contribution is -2.07. The van der Waals surface area contributed by atoms with Crippen molar-refractivity contribution in [3.63, 3.8) is 0 Å². The fourth-order valence-electron chi connectivity index (χ4n) is 1.92. The fourth-order valence-corrected chi connectivity index (χ4v) is 2.25. The number of halogens is 3. The van der Waals surface area contributed by atoms with Crippen LogP contribution in [-0.2, 0) is 6.42 Å². The highest BCUT2D eigenvalue weighted by molar-refractivity contribution is 9.10. The van der Waals surface area contributed by atoms with E-state index in [1.807, 2.05) is 31.2 Å². The highest BCUT2D eigenvalue weighted by Gasteiger charge is 2.19. The third kappa shape index (κ3) is 3.31. The maximum absolute atomic E-state index is 13.8. The van der Waals surface area contributed by atoms with Gasteiger partial charge >= 0.3 is 0 Å². The van der Waals surface area contributed by atoms with Gasteiger partial charge in [-0.15, -0.1) is 0 Å². The average molecular weight is 339 g/mol. The van der Waals surface area contributed by atoms with Crippen molar-refractivity contribution in [3.8, 4) is 0 Å². The SMILES string of the molecule is Cc1ccc(CCC(=O)c2c(F)ccc(Br)c2F)cc1. The van der Waals surface area contributed by atoms with Crippen molar-refractivity contribution >= 4 is 21.7 Å². The Morgan fingerprint density at radius 3 is 2.40 bits per heavy atom. The van der Waals surface area contributed by atoms with Crippen LogP contribution in [0, 0.1) is 18.6 Å². The number of carbonyl (C=O) groups excluding carboxylic acids is 1. The molecular formula is C16H13BrF2O. The Kier molecular flexibility index (Phi) is 4.65. The van der Waals surface area contributed by atoms with Gasteiger partial charge in [0.25, 0.3) is 0 Å². The second-order valence-corrected chi connectivity index (χ2v) is 5.48. The molecule has 1 nitrogen and oxygen atoms in total. The van der Waals surface area contributed by atoms with Gasteiger partial charge in [0, 0.05) is 6.42 Å². The summed E-state index contributed by atoms with van der Waals surface area (Å²) >= 11 is 2.96. The van der Waals surface area contributed by atoms with Crippen molar-refractivity contribution in [2.45, 2.75) is 19.8 Å². The Balaban J connectivity index is 2.13. The Morgan fingerprint density at radius 2 is 1.75 bits per heavy atom. The van der Waals surface area contributed by atoms with E-state index in [0.29, 0.717) is 6.42 Å². The zero-order valence-corrected chi connectivity index (χ0v) is 12.5. The molecule has 0 heterocycles. The molecule has 0 bridgehead atoms. The molecule has 0 atom stereocenters. The number of aryl methyl sites for hydroxylation is 2. The van der Waals surface area contributed by atoms with E-state index < -0.39 is 23.0 Å². The van der Waals surface area contributed by atoms with E-state index >= 15 is 0 Å². The molecule has 0 saturated carbocycles. The first kappa shape index (κ1) is 14.9. The van der Waals surface area contributed by atoms with E-state index in [2.05, 4.69) is 15.9 Å². The van der Waals surface area contributed by atoms with Crippen molar-refractivity contribution in [1.82, 2.24) is 0 Å². The predicted octanol–water partition coefficient (Wildman–Crippen LogP) is 4.85. The van der Waals surface area contributed by atoms with Crippen molar-refractivity contribution < 1.29 is 13.6 Å². The molecule has 0 saturated heterocycles. The first-order valence-corrected chi connectivity index (χ1v) is 7.00. The van der Waals surface area contributed by atoms with Crippen LogP contribution < -0.4 is 0 Å². The molecule has 0 aromatic heterocycles. The summed E-state index contributed by atoms with van der Waals surface area (Å²) in [4.78, 5) is 12.0. The Bertz CT molecular complexity index is 636. The van der Waals surface area contributed by atoms with Gasteiger partial charge in [-0.3, -0.25) is 4.79 Å². The highest BCUT2D eigenvalue weighted by Crippen LogP contribution is 2.23. The molecule has 0 radical (unpaired) electrons. The number of rotatable bonds is 4. The minimum Gasteiger partial charge on any atom is -0.294 e. The molecule has 4 heteroatoms. The predicted molar refractivity (Wildman–Crippen MR) is 77.9 cm³/mol. The zero-order valence-electron chi connectivity index (χ0n) is 10.9. The summed E-state index contributed by atoms with van der Waals surface area (Å²) in [6, 6.07) is 10.1. The van der Waals surface area contributed by atoms with Crippen LogP contribution in [0.2, 0.25) is 0 Å². The monoisotopic (exact) mass is 338 g/mol. The normalized spacial score (nSPS) is 10.6. The minimum absolute atomic E-state index is 0.0767. The summed E-state index contributed by atoms with van der Waals surface area (Å²) in [7, 11) is 0. The first-order chi connectivity index (χ1) is 9.49. The molecule has 104 valence electrons. The fraction of sp³-hybridized carbons (Fsp3) is 0.188. The Hall–Kier alpha value is -1.55. The summed E-state index contributed by atoms with van der Waals surface area (Å²) in [6.07, 6.45) is 0.540. The number of ketones is 1. The quantitative estimate of drug-likeness (QED) is 0.575. The van der Waals surface area contributed by atoms with Crippen LogP contribution in [0.15, 0.2) is 40.9 Å². The number of Topliss-reactive ketones (excluding diaryl/α,β-unsaturated/α-hetero) is 1. The molecular weight excluding hydrogens is 326 g/mol. The van der Waals surface area contributed by atoms with Crippen LogP contribution in [0.3, 0.4) is 0 Å². The highest BCUT2D eigenvalue weighted by atomic mass is 79.9. The van der Waals surface area contributed by atoms with Crippen LogP contribution in [0.4, 0.5) is 8.78 Å². The number of benzene rings is 2. The van der Waals surface area contributed by atoms with Crippen LogP contribution in [-0.4, -0.2) is 5.78 Å².